The lowest BCUT2D eigenvalue weighted by Crippen LogP contribution is -2.16. The van der Waals surface area contributed by atoms with Gasteiger partial charge in [-0.1, -0.05) is 18.6 Å². The number of ether oxygens (including phenoxy) is 1. The lowest BCUT2D eigenvalue weighted by Gasteiger charge is -2.10. The largest absolute Gasteiger partial charge is 0.497 e. The van der Waals surface area contributed by atoms with E-state index >= 15 is 0 Å². The summed E-state index contributed by atoms with van der Waals surface area (Å²) in [6.45, 7) is 2.79. The Balaban J connectivity index is 1.30. The van der Waals surface area contributed by atoms with Crippen molar-refractivity contribution in [2.45, 2.75) is 52.0 Å². The normalized spacial score (nSPS) is 13.3. The van der Waals surface area contributed by atoms with Gasteiger partial charge in [0.1, 0.15) is 17.2 Å². The third kappa shape index (κ3) is 4.69. The van der Waals surface area contributed by atoms with E-state index in [1.165, 1.54) is 6.42 Å². The molecule has 180 valence electrons. The molecule has 0 aliphatic carbocycles. The van der Waals surface area contributed by atoms with Crippen molar-refractivity contribution in [1.82, 2.24) is 14.8 Å². The Hall–Kier alpha value is -3.94. The van der Waals surface area contributed by atoms with Crippen LogP contribution >= 0.6 is 0 Å². The molecule has 4 aromatic rings. The van der Waals surface area contributed by atoms with E-state index in [4.69, 9.17) is 9.15 Å². The second-order valence-electron chi connectivity index (χ2n) is 8.89. The number of fused-ring (bicyclic) bond motifs is 2. The molecule has 8 heteroatoms. The first-order valence-corrected chi connectivity index (χ1v) is 12.0. The number of rotatable bonds is 6. The summed E-state index contributed by atoms with van der Waals surface area (Å²) in [5, 5.41) is 12.6. The SMILES string of the molecule is COc1ccc2c(C)c(CCC(=O)Nc3cccc(-c4nnc5n4CCCCC5)c3)c(=O)oc2c1. The molecule has 0 radical (unpaired) electrons. The predicted molar refractivity (Wildman–Crippen MR) is 134 cm³/mol. The van der Waals surface area contributed by atoms with Crippen LogP contribution < -0.4 is 15.7 Å². The predicted octanol–water partition coefficient (Wildman–Crippen LogP) is 4.67. The zero-order valence-corrected chi connectivity index (χ0v) is 20.0. The van der Waals surface area contributed by atoms with Crippen LogP contribution in [-0.4, -0.2) is 27.8 Å². The summed E-state index contributed by atoms with van der Waals surface area (Å²) in [7, 11) is 1.57. The molecule has 0 atom stereocenters. The number of aromatic nitrogens is 3. The molecular weight excluding hydrogens is 444 g/mol. The highest BCUT2D eigenvalue weighted by Crippen LogP contribution is 2.26. The Kier molecular flexibility index (Phi) is 6.35. The van der Waals surface area contributed by atoms with Crippen LogP contribution in [0.3, 0.4) is 0 Å². The average molecular weight is 473 g/mol. The van der Waals surface area contributed by atoms with Crippen molar-refractivity contribution in [2.24, 2.45) is 0 Å². The molecule has 8 nitrogen and oxygen atoms in total. The summed E-state index contributed by atoms with van der Waals surface area (Å²) in [5.41, 5.74) is 2.99. The zero-order valence-electron chi connectivity index (χ0n) is 20.0. The Morgan fingerprint density at radius 3 is 2.89 bits per heavy atom. The highest BCUT2D eigenvalue weighted by Gasteiger charge is 2.17. The van der Waals surface area contributed by atoms with Gasteiger partial charge in [0.05, 0.1) is 7.11 Å². The average Bonchev–Trinajstić information content (AvgIpc) is 3.11. The van der Waals surface area contributed by atoms with Gasteiger partial charge in [-0.3, -0.25) is 4.79 Å². The fraction of sp³-hybridized carbons (Fsp3) is 0.333. The summed E-state index contributed by atoms with van der Waals surface area (Å²) in [4.78, 5) is 25.3. The Bertz CT molecular complexity index is 1450. The summed E-state index contributed by atoms with van der Waals surface area (Å²) in [5.74, 6) is 2.31. The number of amides is 1. The number of hydrogen-bond donors (Lipinski definition) is 1. The minimum atomic E-state index is -0.425. The molecule has 2 aromatic heterocycles. The summed E-state index contributed by atoms with van der Waals surface area (Å²) in [6, 6.07) is 13.0. The molecule has 1 aliphatic heterocycles. The maximum atomic E-state index is 12.7. The molecule has 0 unspecified atom stereocenters. The number of nitrogens with one attached hydrogen (secondary N) is 1. The summed E-state index contributed by atoms with van der Waals surface area (Å²) in [6.07, 6.45) is 4.85. The number of nitrogens with zero attached hydrogens (tertiary/aromatic N) is 3. The van der Waals surface area contributed by atoms with Crippen LogP contribution in [0.5, 0.6) is 5.75 Å². The number of benzene rings is 2. The first-order chi connectivity index (χ1) is 17.0. The maximum Gasteiger partial charge on any atom is 0.339 e. The molecule has 1 N–H and O–H groups in total. The Morgan fingerprint density at radius 1 is 1.14 bits per heavy atom. The number of aryl methyl sites for hydroxylation is 2. The third-order valence-electron chi connectivity index (χ3n) is 6.61. The molecule has 1 amide bonds. The fourth-order valence-electron chi connectivity index (χ4n) is 4.69. The molecule has 0 fully saturated rings. The fourth-order valence-corrected chi connectivity index (χ4v) is 4.69. The van der Waals surface area contributed by atoms with Crippen molar-refractivity contribution in [3.05, 3.63) is 69.8 Å². The molecule has 2 aromatic carbocycles. The topological polar surface area (TPSA) is 99.2 Å². The molecule has 0 saturated carbocycles. The quantitative estimate of drug-likeness (QED) is 0.410. The van der Waals surface area contributed by atoms with Gasteiger partial charge >= 0.3 is 5.63 Å². The van der Waals surface area contributed by atoms with Gasteiger partial charge in [-0.15, -0.1) is 10.2 Å². The lowest BCUT2D eigenvalue weighted by atomic mass is 10.0. The first kappa shape index (κ1) is 22.8. The number of carbonyl (C=O) groups is 1. The Labute approximate surface area is 202 Å². The first-order valence-electron chi connectivity index (χ1n) is 12.0. The van der Waals surface area contributed by atoms with Crippen molar-refractivity contribution in [2.75, 3.05) is 12.4 Å². The summed E-state index contributed by atoms with van der Waals surface area (Å²) < 4.78 is 12.9. The van der Waals surface area contributed by atoms with Crippen LogP contribution in [0.15, 0.2) is 51.7 Å². The molecule has 5 rings (SSSR count). The van der Waals surface area contributed by atoms with E-state index in [1.54, 1.807) is 13.2 Å². The number of hydrogen-bond acceptors (Lipinski definition) is 6. The van der Waals surface area contributed by atoms with Gasteiger partial charge in [-0.25, -0.2) is 4.79 Å². The van der Waals surface area contributed by atoms with Gasteiger partial charge in [0.2, 0.25) is 5.91 Å². The summed E-state index contributed by atoms with van der Waals surface area (Å²) >= 11 is 0. The maximum absolute atomic E-state index is 12.7. The van der Waals surface area contributed by atoms with Crippen molar-refractivity contribution >= 4 is 22.6 Å². The number of anilines is 1. The highest BCUT2D eigenvalue weighted by molar-refractivity contribution is 5.91. The van der Waals surface area contributed by atoms with E-state index in [0.29, 0.717) is 29.0 Å². The van der Waals surface area contributed by atoms with Gasteiger partial charge < -0.3 is 19.0 Å². The molecule has 0 spiro atoms. The van der Waals surface area contributed by atoms with E-state index in [-0.39, 0.29) is 12.3 Å². The van der Waals surface area contributed by atoms with Crippen LogP contribution in [0, 0.1) is 6.92 Å². The van der Waals surface area contributed by atoms with E-state index in [2.05, 4.69) is 20.1 Å². The number of methoxy groups -OCH3 is 1. The minimum absolute atomic E-state index is 0.165. The van der Waals surface area contributed by atoms with Crippen molar-refractivity contribution < 1.29 is 13.9 Å². The smallest absolute Gasteiger partial charge is 0.339 e. The third-order valence-corrected chi connectivity index (χ3v) is 6.61. The van der Waals surface area contributed by atoms with Crippen LogP contribution in [0.2, 0.25) is 0 Å². The lowest BCUT2D eigenvalue weighted by molar-refractivity contribution is -0.116. The molecule has 0 saturated heterocycles. The van der Waals surface area contributed by atoms with E-state index < -0.39 is 5.63 Å². The van der Waals surface area contributed by atoms with Crippen LogP contribution in [-0.2, 0) is 24.2 Å². The second-order valence-corrected chi connectivity index (χ2v) is 8.89. The van der Waals surface area contributed by atoms with Gasteiger partial charge in [0, 0.05) is 47.7 Å². The monoisotopic (exact) mass is 472 g/mol. The van der Waals surface area contributed by atoms with Crippen LogP contribution in [0.25, 0.3) is 22.4 Å². The van der Waals surface area contributed by atoms with Gasteiger partial charge in [-0.2, -0.15) is 0 Å². The van der Waals surface area contributed by atoms with Crippen LogP contribution in [0.4, 0.5) is 5.69 Å². The highest BCUT2D eigenvalue weighted by atomic mass is 16.5. The Morgan fingerprint density at radius 2 is 2.03 bits per heavy atom. The molecule has 35 heavy (non-hydrogen) atoms. The van der Waals surface area contributed by atoms with Gasteiger partial charge in [-0.05, 0) is 56.0 Å². The van der Waals surface area contributed by atoms with Gasteiger partial charge in [0.25, 0.3) is 0 Å². The van der Waals surface area contributed by atoms with E-state index in [9.17, 15) is 9.59 Å². The van der Waals surface area contributed by atoms with Crippen LogP contribution in [0.1, 0.15) is 42.6 Å². The molecule has 0 bridgehead atoms. The van der Waals surface area contributed by atoms with E-state index in [0.717, 1.165) is 54.0 Å². The van der Waals surface area contributed by atoms with Crippen molar-refractivity contribution in [3.8, 4) is 17.1 Å². The van der Waals surface area contributed by atoms with E-state index in [1.807, 2.05) is 43.3 Å². The molecule has 1 aliphatic rings. The standard InChI is InChI=1S/C27H28N4O4/c1-17-21-11-10-20(34-2)16-23(21)35-27(33)22(17)12-13-25(32)28-19-8-6-7-18(15-19)26-30-29-24-9-4-3-5-14-31(24)26/h6-8,10-11,15-16H,3-5,9,12-14H2,1-2H3,(H,28,32). The van der Waals surface area contributed by atoms with Crippen molar-refractivity contribution in [3.63, 3.8) is 0 Å². The van der Waals surface area contributed by atoms with Crippen molar-refractivity contribution in [1.29, 1.82) is 0 Å². The number of carbonyl (C=O) groups excluding carboxylic acids is 1. The van der Waals surface area contributed by atoms with Gasteiger partial charge in [0.15, 0.2) is 5.82 Å². The second kappa shape index (κ2) is 9.74. The zero-order chi connectivity index (χ0) is 24.4. The molecular formula is C27H28N4O4. The minimum Gasteiger partial charge on any atom is -0.497 e. The molecule has 3 heterocycles.